The number of tetrazole rings is 1. The topological polar surface area (TPSA) is 64.3 Å². The highest BCUT2D eigenvalue weighted by Crippen LogP contribution is 2.15. The number of nitrogens with zero attached hydrogens (tertiary/aromatic N) is 5. The summed E-state index contributed by atoms with van der Waals surface area (Å²) in [7, 11) is 0. The van der Waals surface area contributed by atoms with Crippen molar-refractivity contribution in [2.75, 3.05) is 0 Å². The molecule has 20 heavy (non-hydrogen) atoms. The Bertz CT molecular complexity index is 755. The molecule has 1 N–H and O–H groups in total. The number of benzene rings is 1. The van der Waals surface area contributed by atoms with Gasteiger partial charge in [-0.05, 0) is 17.7 Å². The number of rotatable bonds is 4. The van der Waals surface area contributed by atoms with E-state index in [2.05, 4.69) is 20.5 Å². The lowest BCUT2D eigenvalue weighted by atomic mass is 10.2. The van der Waals surface area contributed by atoms with E-state index in [1.165, 1.54) is 0 Å². The molecule has 3 aromatic rings. The lowest BCUT2D eigenvalue weighted by Crippen LogP contribution is -2.03. The maximum atomic E-state index is 5.36. The fourth-order valence-corrected chi connectivity index (χ4v) is 2.30. The van der Waals surface area contributed by atoms with E-state index in [4.69, 9.17) is 12.2 Å². The minimum Gasteiger partial charge on any atom is -0.304 e. The van der Waals surface area contributed by atoms with Gasteiger partial charge in [0.15, 0.2) is 0 Å². The molecular weight excluding hydrogens is 272 g/mol. The summed E-state index contributed by atoms with van der Waals surface area (Å²) in [6.07, 6.45) is 1.82. The highest BCUT2D eigenvalue weighted by Gasteiger charge is 2.10. The van der Waals surface area contributed by atoms with Crippen LogP contribution >= 0.6 is 12.2 Å². The summed E-state index contributed by atoms with van der Waals surface area (Å²) in [6.45, 7) is 3.41. The van der Waals surface area contributed by atoms with E-state index in [-0.39, 0.29) is 0 Å². The molecule has 0 fully saturated rings. The molecule has 6 nitrogen and oxygen atoms in total. The van der Waals surface area contributed by atoms with E-state index in [0.29, 0.717) is 17.0 Å². The summed E-state index contributed by atoms with van der Waals surface area (Å²) in [5.41, 5.74) is 1.94. The van der Waals surface area contributed by atoms with Crippen LogP contribution < -0.4 is 0 Å². The summed E-state index contributed by atoms with van der Waals surface area (Å²) in [6, 6.07) is 10.0. The first-order chi connectivity index (χ1) is 9.78. The molecule has 0 aliphatic rings. The SMILES string of the molecule is CCn1[nH]cc(-c2nnn(Cc3ccccc3)n2)c1=S. The molecule has 0 aliphatic carbocycles. The Morgan fingerprint density at radius 2 is 2.05 bits per heavy atom. The molecule has 0 bridgehead atoms. The molecule has 0 amide bonds. The minimum atomic E-state index is 0.550. The number of nitrogens with one attached hydrogen (secondary N) is 1. The van der Waals surface area contributed by atoms with Crippen LogP contribution in [0.15, 0.2) is 36.5 Å². The summed E-state index contributed by atoms with van der Waals surface area (Å²) in [4.78, 5) is 1.57. The quantitative estimate of drug-likeness (QED) is 0.747. The van der Waals surface area contributed by atoms with Gasteiger partial charge in [0.2, 0.25) is 5.82 Å². The van der Waals surface area contributed by atoms with Gasteiger partial charge in [0, 0.05) is 12.7 Å². The molecule has 7 heteroatoms. The summed E-state index contributed by atoms with van der Waals surface area (Å²) >= 11 is 5.36. The van der Waals surface area contributed by atoms with Crippen molar-refractivity contribution in [2.24, 2.45) is 0 Å². The van der Waals surface area contributed by atoms with E-state index < -0.39 is 0 Å². The van der Waals surface area contributed by atoms with Crippen LogP contribution in [-0.4, -0.2) is 30.0 Å². The van der Waals surface area contributed by atoms with Crippen LogP contribution in [0.25, 0.3) is 11.4 Å². The zero-order valence-electron chi connectivity index (χ0n) is 11.0. The molecule has 0 atom stereocenters. The zero-order valence-corrected chi connectivity index (χ0v) is 11.8. The highest BCUT2D eigenvalue weighted by molar-refractivity contribution is 7.71. The predicted octanol–water partition coefficient (Wildman–Crippen LogP) is 2.27. The molecule has 0 aliphatic heterocycles. The Morgan fingerprint density at radius 1 is 1.25 bits per heavy atom. The van der Waals surface area contributed by atoms with E-state index in [1.54, 1.807) is 4.80 Å². The normalized spacial score (nSPS) is 10.8. The van der Waals surface area contributed by atoms with Crippen molar-refractivity contribution in [3.63, 3.8) is 0 Å². The second kappa shape index (κ2) is 5.38. The van der Waals surface area contributed by atoms with Crippen LogP contribution in [0.1, 0.15) is 12.5 Å². The van der Waals surface area contributed by atoms with Crippen LogP contribution in [0.5, 0.6) is 0 Å². The van der Waals surface area contributed by atoms with E-state index in [9.17, 15) is 0 Å². The highest BCUT2D eigenvalue weighted by atomic mass is 32.1. The van der Waals surface area contributed by atoms with Gasteiger partial charge >= 0.3 is 0 Å². The zero-order chi connectivity index (χ0) is 13.9. The summed E-state index contributed by atoms with van der Waals surface area (Å²) in [5.74, 6) is 0.550. The Hall–Kier alpha value is -2.28. The predicted molar refractivity (Wildman–Crippen MR) is 77.6 cm³/mol. The first-order valence-electron chi connectivity index (χ1n) is 6.38. The molecule has 2 aromatic heterocycles. The van der Waals surface area contributed by atoms with E-state index in [0.717, 1.165) is 17.7 Å². The van der Waals surface area contributed by atoms with Crippen molar-refractivity contribution in [3.8, 4) is 11.4 Å². The maximum absolute atomic E-state index is 5.36. The Balaban J connectivity index is 1.87. The van der Waals surface area contributed by atoms with Crippen molar-refractivity contribution in [1.29, 1.82) is 0 Å². The Labute approximate surface area is 121 Å². The number of H-pyrrole nitrogens is 1. The van der Waals surface area contributed by atoms with Crippen molar-refractivity contribution in [1.82, 2.24) is 30.0 Å². The van der Waals surface area contributed by atoms with Gasteiger partial charge in [-0.15, -0.1) is 10.2 Å². The van der Waals surface area contributed by atoms with Gasteiger partial charge in [-0.2, -0.15) is 4.80 Å². The number of hydrogen-bond acceptors (Lipinski definition) is 4. The molecule has 0 saturated heterocycles. The van der Waals surface area contributed by atoms with Crippen LogP contribution in [-0.2, 0) is 13.1 Å². The van der Waals surface area contributed by atoms with Gasteiger partial charge in [0.05, 0.1) is 12.1 Å². The van der Waals surface area contributed by atoms with Gasteiger partial charge in [-0.3, -0.25) is 4.68 Å². The van der Waals surface area contributed by atoms with Gasteiger partial charge in [-0.1, -0.05) is 42.5 Å². The standard InChI is InChI=1S/C13H14N6S/c1-2-18-13(20)11(8-14-18)12-15-17-19(16-12)9-10-6-4-3-5-7-10/h3-8,14H,2,9H2,1H3. The average molecular weight is 286 g/mol. The molecule has 0 unspecified atom stereocenters. The van der Waals surface area contributed by atoms with Gasteiger partial charge in [0.1, 0.15) is 4.64 Å². The Morgan fingerprint density at radius 3 is 2.75 bits per heavy atom. The molecule has 102 valence electrons. The van der Waals surface area contributed by atoms with Crippen molar-refractivity contribution >= 4 is 12.2 Å². The lowest BCUT2D eigenvalue weighted by Gasteiger charge is -1.97. The van der Waals surface area contributed by atoms with Crippen LogP contribution in [0, 0.1) is 4.64 Å². The second-order valence-corrected chi connectivity index (χ2v) is 4.75. The Kier molecular flexibility index (Phi) is 3.42. The largest absolute Gasteiger partial charge is 0.304 e. The van der Waals surface area contributed by atoms with Gasteiger partial charge < -0.3 is 5.10 Å². The van der Waals surface area contributed by atoms with Crippen molar-refractivity contribution < 1.29 is 0 Å². The molecule has 0 radical (unpaired) electrons. The fraction of sp³-hybridized carbons (Fsp3) is 0.231. The van der Waals surface area contributed by atoms with Crippen LogP contribution in [0.2, 0.25) is 0 Å². The average Bonchev–Trinajstić information content (AvgIpc) is 3.06. The van der Waals surface area contributed by atoms with Crippen molar-refractivity contribution in [3.05, 3.63) is 46.7 Å². The first kappa shape index (κ1) is 12.7. The third-order valence-corrected chi connectivity index (χ3v) is 3.46. The molecule has 1 aromatic carbocycles. The van der Waals surface area contributed by atoms with E-state index in [1.807, 2.05) is 48.1 Å². The molecule has 0 saturated carbocycles. The van der Waals surface area contributed by atoms with Gasteiger partial charge in [-0.25, -0.2) is 0 Å². The maximum Gasteiger partial charge on any atom is 0.209 e. The number of aromatic amines is 1. The number of aromatic nitrogens is 6. The van der Waals surface area contributed by atoms with Gasteiger partial charge in [0.25, 0.3) is 0 Å². The molecule has 2 heterocycles. The fourth-order valence-electron chi connectivity index (χ4n) is 1.97. The molecular formula is C13H14N6S. The first-order valence-corrected chi connectivity index (χ1v) is 6.79. The number of aryl methyl sites for hydroxylation is 1. The molecule has 3 rings (SSSR count). The third-order valence-electron chi connectivity index (χ3n) is 3.02. The second-order valence-electron chi connectivity index (χ2n) is 4.37. The summed E-state index contributed by atoms with van der Waals surface area (Å²) in [5, 5.41) is 15.6. The van der Waals surface area contributed by atoms with Crippen LogP contribution in [0.3, 0.4) is 0 Å². The number of hydrogen-bond donors (Lipinski definition) is 1. The molecule has 0 spiro atoms. The van der Waals surface area contributed by atoms with Crippen molar-refractivity contribution in [2.45, 2.75) is 20.0 Å². The lowest BCUT2D eigenvalue weighted by molar-refractivity contribution is 0.573. The van der Waals surface area contributed by atoms with E-state index >= 15 is 0 Å². The smallest absolute Gasteiger partial charge is 0.209 e. The van der Waals surface area contributed by atoms with Crippen LogP contribution in [0.4, 0.5) is 0 Å². The minimum absolute atomic E-state index is 0.550. The third kappa shape index (κ3) is 2.39. The summed E-state index contributed by atoms with van der Waals surface area (Å²) < 4.78 is 2.56. The monoisotopic (exact) mass is 286 g/mol.